The van der Waals surface area contributed by atoms with Crippen LogP contribution in [-0.4, -0.2) is 9.89 Å². The van der Waals surface area contributed by atoms with Gasteiger partial charge in [0.15, 0.2) is 0 Å². The third kappa shape index (κ3) is 7.45. The monoisotopic (exact) mass is 379 g/mol. The SMILES string of the molecule is CC[C@H](C)CCCCCC/C=C1\C[C@H](C)O[I-]C1=O. The molecule has 0 radical (unpaired) electrons. The molecule has 0 aliphatic carbocycles. The van der Waals surface area contributed by atoms with Crippen LogP contribution in [0.3, 0.4) is 0 Å². The van der Waals surface area contributed by atoms with Crippen molar-refractivity contribution in [3.05, 3.63) is 11.6 Å². The fourth-order valence-electron chi connectivity index (χ4n) is 2.22. The molecule has 0 N–H and O–H groups in total. The molecule has 3 heteroatoms. The molecule has 112 valence electrons. The van der Waals surface area contributed by atoms with E-state index in [4.69, 9.17) is 3.07 Å². The second-order valence-corrected chi connectivity index (χ2v) is 7.62. The van der Waals surface area contributed by atoms with Crippen LogP contribution in [0.1, 0.15) is 72.1 Å². The van der Waals surface area contributed by atoms with Gasteiger partial charge >= 0.3 is 129 Å². The maximum absolute atomic E-state index is 11.7. The van der Waals surface area contributed by atoms with Crippen LogP contribution in [0, 0.1) is 5.92 Å². The summed E-state index contributed by atoms with van der Waals surface area (Å²) in [6.45, 7) is 6.67. The molecule has 2 atom stereocenters. The van der Waals surface area contributed by atoms with Crippen LogP contribution in [0.5, 0.6) is 0 Å². The van der Waals surface area contributed by atoms with Crippen LogP contribution in [0.15, 0.2) is 11.6 Å². The zero-order valence-electron chi connectivity index (χ0n) is 12.6. The summed E-state index contributed by atoms with van der Waals surface area (Å²) in [5.41, 5.74) is 1.05. The first-order chi connectivity index (χ1) is 9.13. The quantitative estimate of drug-likeness (QED) is 0.277. The van der Waals surface area contributed by atoms with Crippen molar-refractivity contribution in [1.29, 1.82) is 0 Å². The summed E-state index contributed by atoms with van der Waals surface area (Å²) in [7, 11) is 0. The number of unbranched alkanes of at least 4 members (excludes halogenated alkanes) is 4. The summed E-state index contributed by atoms with van der Waals surface area (Å²) in [6, 6.07) is 0. The Labute approximate surface area is 129 Å². The third-order valence-electron chi connectivity index (χ3n) is 3.77. The molecule has 1 rings (SSSR count). The molecule has 0 aromatic carbocycles. The van der Waals surface area contributed by atoms with Crippen LogP contribution in [0.25, 0.3) is 0 Å². The molecule has 0 bridgehead atoms. The standard InChI is InChI=1S/C16H28IO2/c1-4-13(2)10-8-6-5-7-9-11-15-12-14(3)19-17-16(15)18/h11,13-14H,4-10,12H2,1-3H3/q-1/b15-11+/t13-,14-/m0/s1. The average molecular weight is 379 g/mol. The predicted molar refractivity (Wildman–Crippen MR) is 75.4 cm³/mol. The van der Waals surface area contributed by atoms with E-state index in [1.54, 1.807) is 0 Å². The topological polar surface area (TPSA) is 26.3 Å². The van der Waals surface area contributed by atoms with Crippen LogP contribution >= 0.6 is 0 Å². The van der Waals surface area contributed by atoms with E-state index in [0.717, 1.165) is 24.3 Å². The van der Waals surface area contributed by atoms with E-state index < -0.39 is 21.6 Å². The van der Waals surface area contributed by atoms with E-state index >= 15 is 0 Å². The number of rotatable bonds is 8. The van der Waals surface area contributed by atoms with Gasteiger partial charge in [0.1, 0.15) is 0 Å². The molecule has 0 saturated carbocycles. The van der Waals surface area contributed by atoms with Crippen molar-refractivity contribution in [2.24, 2.45) is 5.92 Å². The van der Waals surface area contributed by atoms with Crippen molar-refractivity contribution in [1.82, 2.24) is 0 Å². The van der Waals surface area contributed by atoms with Gasteiger partial charge in [-0.2, -0.15) is 0 Å². The molecule has 0 amide bonds. The first-order valence-electron chi connectivity index (χ1n) is 7.67. The first-order valence-corrected chi connectivity index (χ1v) is 9.63. The minimum absolute atomic E-state index is 0.257. The van der Waals surface area contributed by atoms with Crippen molar-refractivity contribution in [2.75, 3.05) is 0 Å². The summed E-state index contributed by atoms with van der Waals surface area (Å²) < 4.78 is 5.73. The Kier molecular flexibility index (Phi) is 8.95. The van der Waals surface area contributed by atoms with E-state index in [-0.39, 0.29) is 6.10 Å². The predicted octanol–water partition coefficient (Wildman–Crippen LogP) is 1.64. The maximum atomic E-state index is 11.7. The summed E-state index contributed by atoms with van der Waals surface area (Å²) in [5, 5.41) is 0. The number of carbonyl (C=O) groups is 1. The van der Waals surface area contributed by atoms with E-state index in [2.05, 4.69) is 26.8 Å². The molecule has 0 aromatic rings. The first kappa shape index (κ1) is 17.2. The average Bonchev–Trinajstić information content (AvgIpc) is 2.41. The second kappa shape index (κ2) is 9.92. The summed E-state index contributed by atoms with van der Waals surface area (Å²) in [4.78, 5) is 11.7. The van der Waals surface area contributed by atoms with Gasteiger partial charge in [0.05, 0.1) is 0 Å². The summed E-state index contributed by atoms with van der Waals surface area (Å²) >= 11 is -0.677. The van der Waals surface area contributed by atoms with Crippen LogP contribution < -0.4 is 21.6 Å². The number of hydrogen-bond donors (Lipinski definition) is 0. The van der Waals surface area contributed by atoms with Crippen LogP contribution in [-0.2, 0) is 7.86 Å². The fourth-order valence-corrected chi connectivity index (χ4v) is 3.79. The van der Waals surface area contributed by atoms with Crippen molar-refractivity contribution in [3.63, 3.8) is 0 Å². The molecular formula is C16H28IO2-. The van der Waals surface area contributed by atoms with Gasteiger partial charge in [-0.25, -0.2) is 0 Å². The molecule has 1 aliphatic heterocycles. The molecule has 1 aliphatic rings. The summed E-state index contributed by atoms with van der Waals surface area (Å²) in [5.74, 6) is 0.882. The second-order valence-electron chi connectivity index (χ2n) is 5.69. The molecule has 1 heterocycles. The van der Waals surface area contributed by atoms with Crippen LogP contribution in [0.4, 0.5) is 0 Å². The van der Waals surface area contributed by atoms with Gasteiger partial charge in [-0.1, -0.05) is 0 Å². The van der Waals surface area contributed by atoms with Crippen molar-refractivity contribution >= 4 is 3.79 Å². The van der Waals surface area contributed by atoms with Gasteiger partial charge in [0.2, 0.25) is 0 Å². The molecule has 0 unspecified atom stereocenters. The van der Waals surface area contributed by atoms with Gasteiger partial charge < -0.3 is 0 Å². The van der Waals surface area contributed by atoms with Gasteiger partial charge in [-0.15, -0.1) is 0 Å². The Bertz CT molecular complexity index is 299. The zero-order chi connectivity index (χ0) is 14.1. The normalized spacial score (nSPS) is 24.3. The van der Waals surface area contributed by atoms with Crippen molar-refractivity contribution in [3.8, 4) is 0 Å². The zero-order valence-corrected chi connectivity index (χ0v) is 14.7. The number of halogens is 1. The fraction of sp³-hybridized carbons (Fsp3) is 0.812. The van der Waals surface area contributed by atoms with Gasteiger partial charge in [-0.05, 0) is 0 Å². The number of carbonyl (C=O) groups excluding carboxylic acids is 1. The molecule has 0 aromatic heterocycles. The third-order valence-corrected chi connectivity index (χ3v) is 5.98. The molecule has 0 spiro atoms. The molecule has 2 nitrogen and oxygen atoms in total. The van der Waals surface area contributed by atoms with Crippen LogP contribution in [0.2, 0.25) is 0 Å². The van der Waals surface area contributed by atoms with Crippen molar-refractivity contribution < 1.29 is 29.5 Å². The van der Waals surface area contributed by atoms with E-state index in [1.807, 2.05) is 0 Å². The van der Waals surface area contributed by atoms with Gasteiger partial charge in [-0.3, -0.25) is 0 Å². The summed E-state index contributed by atoms with van der Waals surface area (Å²) in [6.07, 6.45) is 12.2. The Balaban J connectivity index is 2.07. The minimum atomic E-state index is -0.677. The number of hydrogen-bond acceptors (Lipinski definition) is 2. The molecule has 1 fully saturated rings. The molecule has 19 heavy (non-hydrogen) atoms. The molecular weight excluding hydrogens is 351 g/mol. The van der Waals surface area contributed by atoms with Crippen molar-refractivity contribution in [2.45, 2.75) is 78.2 Å². The van der Waals surface area contributed by atoms with E-state index in [9.17, 15) is 4.79 Å². The Hall–Kier alpha value is 0.100. The Morgan fingerprint density at radius 2 is 2.11 bits per heavy atom. The van der Waals surface area contributed by atoms with E-state index in [0.29, 0.717) is 3.79 Å². The number of allylic oxidation sites excluding steroid dienone is 1. The Morgan fingerprint density at radius 3 is 2.84 bits per heavy atom. The molecule has 1 saturated heterocycles. The van der Waals surface area contributed by atoms with Gasteiger partial charge in [0, 0.05) is 0 Å². The Morgan fingerprint density at radius 1 is 1.37 bits per heavy atom. The van der Waals surface area contributed by atoms with Gasteiger partial charge in [0.25, 0.3) is 0 Å². The van der Waals surface area contributed by atoms with E-state index in [1.165, 1.54) is 38.5 Å².